The SMILES string of the molecule is CC.CCOc1c(Oc2c[nH]c3ncccc23)cccc1OC(CC)C1=CCC=NC=C1. The first-order valence-electron chi connectivity index (χ1n) is 11.2. The van der Waals surface area contributed by atoms with Gasteiger partial charge in [-0.15, -0.1) is 0 Å². The molecule has 0 saturated heterocycles. The molecule has 0 amide bonds. The normalized spacial score (nSPS) is 13.6. The van der Waals surface area contributed by atoms with E-state index in [1.165, 1.54) is 0 Å². The van der Waals surface area contributed by atoms with Gasteiger partial charge in [0.1, 0.15) is 11.8 Å². The molecule has 1 aliphatic rings. The Hall–Kier alpha value is -3.54. The fourth-order valence-corrected chi connectivity index (χ4v) is 3.38. The molecular formula is C26H31N3O3. The van der Waals surface area contributed by atoms with Gasteiger partial charge in [-0.2, -0.15) is 0 Å². The average molecular weight is 434 g/mol. The van der Waals surface area contributed by atoms with Crippen LogP contribution in [0.5, 0.6) is 23.0 Å². The molecule has 0 saturated carbocycles. The van der Waals surface area contributed by atoms with E-state index < -0.39 is 0 Å². The first-order valence-corrected chi connectivity index (χ1v) is 11.2. The molecule has 0 aliphatic carbocycles. The average Bonchev–Trinajstić information content (AvgIpc) is 3.04. The van der Waals surface area contributed by atoms with Crippen molar-refractivity contribution in [2.24, 2.45) is 4.99 Å². The fourth-order valence-electron chi connectivity index (χ4n) is 3.38. The lowest BCUT2D eigenvalue weighted by Gasteiger charge is -2.22. The van der Waals surface area contributed by atoms with Crippen LogP contribution in [0.3, 0.4) is 0 Å². The van der Waals surface area contributed by atoms with Crippen molar-refractivity contribution in [2.75, 3.05) is 6.61 Å². The summed E-state index contributed by atoms with van der Waals surface area (Å²) in [7, 11) is 0. The molecule has 0 fully saturated rings. The molecule has 3 aromatic rings. The van der Waals surface area contributed by atoms with Gasteiger partial charge in [0.2, 0.25) is 5.75 Å². The largest absolute Gasteiger partial charge is 0.487 e. The molecule has 0 bridgehead atoms. The van der Waals surface area contributed by atoms with Crippen LogP contribution in [-0.4, -0.2) is 28.9 Å². The molecule has 168 valence electrons. The molecule has 1 atom stereocenters. The number of hydrogen-bond donors (Lipinski definition) is 1. The molecule has 2 aromatic heterocycles. The molecule has 32 heavy (non-hydrogen) atoms. The Morgan fingerprint density at radius 3 is 2.72 bits per heavy atom. The minimum absolute atomic E-state index is 0.102. The smallest absolute Gasteiger partial charge is 0.204 e. The number of aliphatic imine (C=N–C) groups is 1. The van der Waals surface area contributed by atoms with E-state index in [1.54, 1.807) is 18.6 Å². The van der Waals surface area contributed by atoms with Crippen LogP contribution < -0.4 is 14.2 Å². The Bertz CT molecular complexity index is 1100. The van der Waals surface area contributed by atoms with Crippen molar-refractivity contribution < 1.29 is 14.2 Å². The second kappa shape index (κ2) is 11.7. The van der Waals surface area contributed by atoms with Crippen molar-refractivity contribution in [3.05, 3.63) is 66.7 Å². The molecule has 6 heteroatoms. The second-order valence-corrected chi connectivity index (χ2v) is 6.77. The molecular weight excluding hydrogens is 402 g/mol. The summed E-state index contributed by atoms with van der Waals surface area (Å²) in [4.78, 5) is 11.7. The van der Waals surface area contributed by atoms with E-state index in [2.05, 4.69) is 28.0 Å². The summed E-state index contributed by atoms with van der Waals surface area (Å²) in [5.74, 6) is 2.53. The maximum absolute atomic E-state index is 6.39. The van der Waals surface area contributed by atoms with Crippen molar-refractivity contribution >= 4 is 17.2 Å². The number of fused-ring (bicyclic) bond motifs is 1. The molecule has 0 spiro atoms. The van der Waals surface area contributed by atoms with Gasteiger partial charge in [-0.05, 0) is 49.3 Å². The van der Waals surface area contributed by atoms with Crippen molar-refractivity contribution in [2.45, 2.75) is 46.6 Å². The molecule has 1 aromatic carbocycles. The number of aromatic amines is 1. The lowest BCUT2D eigenvalue weighted by Crippen LogP contribution is -2.18. The lowest BCUT2D eigenvalue weighted by molar-refractivity contribution is 0.216. The monoisotopic (exact) mass is 433 g/mol. The summed E-state index contributed by atoms with van der Waals surface area (Å²) in [6.07, 6.45) is 12.9. The van der Waals surface area contributed by atoms with Crippen molar-refractivity contribution in [3.8, 4) is 23.0 Å². The molecule has 1 unspecified atom stereocenters. The van der Waals surface area contributed by atoms with Gasteiger partial charge in [-0.1, -0.05) is 32.9 Å². The molecule has 4 rings (SSSR count). The quantitative estimate of drug-likeness (QED) is 0.422. The van der Waals surface area contributed by atoms with E-state index in [4.69, 9.17) is 14.2 Å². The first kappa shape index (κ1) is 23.1. The number of aromatic nitrogens is 2. The van der Waals surface area contributed by atoms with Gasteiger partial charge in [-0.25, -0.2) is 4.98 Å². The van der Waals surface area contributed by atoms with Gasteiger partial charge < -0.3 is 19.2 Å². The minimum Gasteiger partial charge on any atom is -0.487 e. The van der Waals surface area contributed by atoms with Gasteiger partial charge in [-0.3, -0.25) is 4.99 Å². The van der Waals surface area contributed by atoms with Gasteiger partial charge in [0.15, 0.2) is 17.2 Å². The Labute approximate surface area is 189 Å². The maximum atomic E-state index is 6.39. The third-order valence-electron chi connectivity index (χ3n) is 4.79. The second-order valence-electron chi connectivity index (χ2n) is 6.77. The standard InChI is InChI=1S/C24H25N3O3.C2H6/c1-3-19(17-8-6-13-25-15-12-17)29-20-10-5-11-21(23(20)28-4-2)30-22-16-27-24-18(22)9-7-14-26-24;1-2/h5,7-16,19H,3-4,6H2,1-2H3,(H,26,27);1-2H3. The Kier molecular flexibility index (Phi) is 8.49. The van der Waals surface area contributed by atoms with E-state index in [0.29, 0.717) is 29.6 Å². The number of nitrogens with zero attached hydrogens (tertiary/aromatic N) is 2. The number of benzene rings is 1. The van der Waals surface area contributed by atoms with Crippen molar-refractivity contribution in [3.63, 3.8) is 0 Å². The highest BCUT2D eigenvalue weighted by molar-refractivity contribution is 5.83. The third-order valence-corrected chi connectivity index (χ3v) is 4.79. The zero-order chi connectivity index (χ0) is 22.8. The van der Waals surface area contributed by atoms with Crippen LogP contribution in [0.2, 0.25) is 0 Å². The zero-order valence-corrected chi connectivity index (χ0v) is 19.2. The van der Waals surface area contributed by atoms with Crippen molar-refractivity contribution in [1.82, 2.24) is 9.97 Å². The Morgan fingerprint density at radius 2 is 1.91 bits per heavy atom. The Morgan fingerprint density at radius 1 is 1.06 bits per heavy atom. The number of hydrogen-bond acceptors (Lipinski definition) is 5. The minimum atomic E-state index is -0.102. The molecule has 1 N–H and O–H groups in total. The van der Waals surface area contributed by atoms with Crippen molar-refractivity contribution in [1.29, 1.82) is 0 Å². The number of H-pyrrole nitrogens is 1. The number of nitrogens with one attached hydrogen (secondary N) is 1. The zero-order valence-electron chi connectivity index (χ0n) is 19.2. The number of pyridine rings is 1. The van der Waals surface area contributed by atoms with Crippen LogP contribution in [-0.2, 0) is 0 Å². The van der Waals surface area contributed by atoms with E-state index in [9.17, 15) is 0 Å². The highest BCUT2D eigenvalue weighted by Gasteiger charge is 2.19. The van der Waals surface area contributed by atoms with E-state index in [1.807, 2.05) is 63.4 Å². The van der Waals surface area contributed by atoms with E-state index >= 15 is 0 Å². The van der Waals surface area contributed by atoms with Crippen LogP contribution in [0.25, 0.3) is 11.0 Å². The highest BCUT2D eigenvalue weighted by Crippen LogP contribution is 2.42. The van der Waals surface area contributed by atoms with Gasteiger partial charge in [0, 0.05) is 31.2 Å². The van der Waals surface area contributed by atoms with E-state index in [0.717, 1.165) is 29.4 Å². The molecule has 3 heterocycles. The number of ether oxygens (including phenoxy) is 3. The fraction of sp³-hybridized carbons (Fsp3) is 0.308. The summed E-state index contributed by atoms with van der Waals surface area (Å²) >= 11 is 0. The van der Waals surface area contributed by atoms with Crippen LogP contribution in [0, 0.1) is 0 Å². The van der Waals surface area contributed by atoms with Gasteiger partial charge >= 0.3 is 0 Å². The first-order chi connectivity index (χ1) is 15.8. The third kappa shape index (κ3) is 5.38. The summed E-state index contributed by atoms with van der Waals surface area (Å²) in [6, 6.07) is 9.55. The number of allylic oxidation sites excluding steroid dienone is 1. The highest BCUT2D eigenvalue weighted by atomic mass is 16.5. The topological polar surface area (TPSA) is 68.7 Å². The van der Waals surface area contributed by atoms with Crippen LogP contribution in [0.4, 0.5) is 0 Å². The van der Waals surface area contributed by atoms with E-state index in [-0.39, 0.29) is 6.10 Å². The summed E-state index contributed by atoms with van der Waals surface area (Å²) in [6.45, 7) is 8.55. The molecule has 6 nitrogen and oxygen atoms in total. The van der Waals surface area contributed by atoms with Crippen LogP contribution in [0.1, 0.15) is 40.5 Å². The summed E-state index contributed by atoms with van der Waals surface area (Å²) in [5, 5.41) is 0.909. The molecule has 1 aliphatic heterocycles. The molecule has 0 radical (unpaired) electrons. The van der Waals surface area contributed by atoms with Crippen LogP contribution >= 0.6 is 0 Å². The van der Waals surface area contributed by atoms with Gasteiger partial charge in [0.05, 0.1) is 12.0 Å². The summed E-state index contributed by atoms with van der Waals surface area (Å²) in [5.41, 5.74) is 1.88. The predicted molar refractivity (Wildman–Crippen MR) is 130 cm³/mol. The maximum Gasteiger partial charge on any atom is 0.204 e. The Balaban J connectivity index is 0.00000141. The van der Waals surface area contributed by atoms with Crippen LogP contribution in [0.15, 0.2) is 71.6 Å². The van der Waals surface area contributed by atoms with Gasteiger partial charge in [0.25, 0.3) is 0 Å². The number of para-hydroxylation sites is 1. The predicted octanol–water partition coefficient (Wildman–Crippen LogP) is 6.85. The summed E-state index contributed by atoms with van der Waals surface area (Å²) < 4.78 is 18.5. The number of rotatable bonds is 8. The lowest BCUT2D eigenvalue weighted by atomic mass is 10.1.